The predicted octanol–water partition coefficient (Wildman–Crippen LogP) is 0.000600. The number of hydrogen-bond acceptors (Lipinski definition) is 7. The molecule has 0 amide bonds. The Morgan fingerprint density at radius 3 is 3.20 bits per heavy atom. The van der Waals surface area contributed by atoms with E-state index in [4.69, 9.17) is 9.26 Å². The molecule has 2 N–H and O–H groups in total. The number of aliphatic hydroxyl groups excluding tert-OH is 1. The van der Waals surface area contributed by atoms with Crippen LogP contribution in [0.5, 0.6) is 0 Å². The van der Waals surface area contributed by atoms with E-state index in [0.29, 0.717) is 30.7 Å². The van der Waals surface area contributed by atoms with Gasteiger partial charge in [-0.05, 0) is 25.8 Å². The molecule has 0 saturated carbocycles. The number of aliphatic hydroxyl groups is 1. The van der Waals surface area contributed by atoms with Gasteiger partial charge in [0.1, 0.15) is 6.10 Å². The first-order valence-corrected chi connectivity index (χ1v) is 7.40. The van der Waals surface area contributed by atoms with Gasteiger partial charge in [0.2, 0.25) is 11.7 Å². The molecule has 0 spiro atoms. The Balaban J connectivity index is 1.45. The molecule has 4 atom stereocenters. The maximum Gasteiger partial charge on any atom is 0.243 e. The number of hydrogen-bond donors (Lipinski definition) is 2. The van der Waals surface area contributed by atoms with Crippen molar-refractivity contribution in [2.24, 2.45) is 0 Å². The van der Waals surface area contributed by atoms with Gasteiger partial charge in [0.05, 0.1) is 18.8 Å². The Morgan fingerprint density at radius 2 is 2.35 bits per heavy atom. The Bertz CT molecular complexity index is 480. The zero-order chi connectivity index (χ0) is 13.5. The summed E-state index contributed by atoms with van der Waals surface area (Å²) in [6.45, 7) is 3.34. The lowest BCUT2D eigenvalue weighted by molar-refractivity contribution is -0.0548. The van der Waals surface area contributed by atoms with E-state index < -0.39 is 0 Å². The summed E-state index contributed by atoms with van der Waals surface area (Å²) in [7, 11) is 0. The smallest absolute Gasteiger partial charge is 0.243 e. The maximum absolute atomic E-state index is 9.54. The Kier molecular flexibility index (Phi) is 3.22. The fourth-order valence-corrected chi connectivity index (χ4v) is 3.40. The normalized spacial score (nSPS) is 38.2. The molecule has 7 nitrogen and oxygen atoms in total. The molecule has 4 unspecified atom stereocenters. The van der Waals surface area contributed by atoms with Crippen molar-refractivity contribution in [2.45, 2.75) is 43.6 Å². The van der Waals surface area contributed by atoms with Crippen molar-refractivity contribution in [3.63, 3.8) is 0 Å². The molecule has 0 aliphatic carbocycles. The maximum atomic E-state index is 9.54. The first kappa shape index (κ1) is 12.7. The molecule has 4 heterocycles. The monoisotopic (exact) mass is 280 g/mol. The van der Waals surface area contributed by atoms with Crippen molar-refractivity contribution < 1.29 is 14.4 Å². The molecular formula is C13H20N4O3. The third-order valence-corrected chi connectivity index (χ3v) is 4.54. The highest BCUT2D eigenvalue weighted by molar-refractivity contribution is 5.01. The number of morpholine rings is 1. The summed E-state index contributed by atoms with van der Waals surface area (Å²) < 4.78 is 11.2. The van der Waals surface area contributed by atoms with Crippen molar-refractivity contribution >= 4 is 0 Å². The van der Waals surface area contributed by atoms with Gasteiger partial charge in [0, 0.05) is 19.1 Å². The molecule has 1 aromatic heterocycles. The molecule has 0 aromatic carbocycles. The Hall–Kier alpha value is -1.02. The van der Waals surface area contributed by atoms with Crippen LogP contribution in [0, 0.1) is 0 Å². The second-order valence-electron chi connectivity index (χ2n) is 5.95. The number of nitrogens with one attached hydrogen (secondary N) is 1. The lowest BCUT2D eigenvalue weighted by atomic mass is 10.2. The molecule has 3 saturated heterocycles. The first-order valence-electron chi connectivity index (χ1n) is 7.40. The molecule has 20 heavy (non-hydrogen) atoms. The van der Waals surface area contributed by atoms with Gasteiger partial charge in [-0.25, -0.2) is 0 Å². The number of ether oxygens (including phenoxy) is 1. The molecule has 3 aliphatic rings. The van der Waals surface area contributed by atoms with E-state index in [1.54, 1.807) is 0 Å². The fourth-order valence-electron chi connectivity index (χ4n) is 3.40. The van der Waals surface area contributed by atoms with Crippen LogP contribution in [-0.4, -0.2) is 58.5 Å². The lowest BCUT2D eigenvalue weighted by Gasteiger charge is -2.33. The minimum atomic E-state index is -0.327. The number of aromatic nitrogens is 2. The van der Waals surface area contributed by atoms with Gasteiger partial charge in [-0.2, -0.15) is 4.98 Å². The largest absolute Gasteiger partial charge is 0.392 e. The van der Waals surface area contributed by atoms with Crippen LogP contribution in [0.4, 0.5) is 0 Å². The van der Waals surface area contributed by atoms with E-state index in [0.717, 1.165) is 19.7 Å². The highest BCUT2D eigenvalue weighted by Gasteiger charge is 2.36. The molecule has 0 bridgehead atoms. The summed E-state index contributed by atoms with van der Waals surface area (Å²) in [5.74, 6) is 1.19. The topological polar surface area (TPSA) is 83.7 Å². The SMILES string of the molecule is OC1CNC(c2nc(C3CN4CCCC4CO3)no2)C1. The summed E-state index contributed by atoms with van der Waals surface area (Å²) in [6.07, 6.45) is 2.69. The number of nitrogens with zero attached hydrogens (tertiary/aromatic N) is 3. The first-order chi connectivity index (χ1) is 9.79. The van der Waals surface area contributed by atoms with E-state index in [1.165, 1.54) is 12.8 Å². The molecule has 110 valence electrons. The van der Waals surface area contributed by atoms with Crippen LogP contribution in [0.15, 0.2) is 4.52 Å². The predicted molar refractivity (Wildman–Crippen MR) is 69.0 cm³/mol. The van der Waals surface area contributed by atoms with Crippen LogP contribution in [-0.2, 0) is 4.74 Å². The van der Waals surface area contributed by atoms with Crippen LogP contribution in [0.1, 0.15) is 43.1 Å². The highest BCUT2D eigenvalue weighted by Crippen LogP contribution is 2.30. The summed E-state index contributed by atoms with van der Waals surface area (Å²) in [5, 5.41) is 16.8. The van der Waals surface area contributed by atoms with Gasteiger partial charge in [0.25, 0.3) is 0 Å². The van der Waals surface area contributed by atoms with E-state index >= 15 is 0 Å². The van der Waals surface area contributed by atoms with Crippen molar-refractivity contribution in [3.05, 3.63) is 11.7 Å². The van der Waals surface area contributed by atoms with Gasteiger partial charge >= 0.3 is 0 Å². The van der Waals surface area contributed by atoms with Crippen molar-refractivity contribution in [1.82, 2.24) is 20.4 Å². The molecule has 1 aromatic rings. The second kappa shape index (κ2) is 5.07. The standard InChI is InChI=1S/C13H20N4O3/c18-9-4-10(14-5-9)13-15-12(16-20-13)11-6-17-3-1-2-8(17)7-19-11/h8-11,14,18H,1-7H2. The lowest BCUT2D eigenvalue weighted by Crippen LogP contribution is -2.42. The minimum Gasteiger partial charge on any atom is -0.392 e. The summed E-state index contributed by atoms with van der Waals surface area (Å²) in [6, 6.07) is 0.540. The molecule has 3 fully saturated rings. The average Bonchev–Trinajstić information content (AvgIpc) is 3.17. The van der Waals surface area contributed by atoms with Gasteiger partial charge in [-0.1, -0.05) is 5.16 Å². The van der Waals surface area contributed by atoms with Crippen LogP contribution in [0.25, 0.3) is 0 Å². The fraction of sp³-hybridized carbons (Fsp3) is 0.846. The van der Waals surface area contributed by atoms with E-state index in [2.05, 4.69) is 20.4 Å². The molecule has 7 heteroatoms. The van der Waals surface area contributed by atoms with Crippen LogP contribution >= 0.6 is 0 Å². The van der Waals surface area contributed by atoms with E-state index in [1.807, 2.05) is 0 Å². The third-order valence-electron chi connectivity index (χ3n) is 4.54. The van der Waals surface area contributed by atoms with Gasteiger partial charge < -0.3 is 19.7 Å². The van der Waals surface area contributed by atoms with E-state index in [-0.39, 0.29) is 18.2 Å². The van der Waals surface area contributed by atoms with Crippen LogP contribution < -0.4 is 5.32 Å². The average molecular weight is 280 g/mol. The minimum absolute atomic E-state index is 0.0330. The van der Waals surface area contributed by atoms with Crippen molar-refractivity contribution in [3.8, 4) is 0 Å². The van der Waals surface area contributed by atoms with Crippen LogP contribution in [0.2, 0.25) is 0 Å². The summed E-state index contributed by atoms with van der Waals surface area (Å²) in [5.41, 5.74) is 0. The van der Waals surface area contributed by atoms with Gasteiger partial charge in [0.15, 0.2) is 0 Å². The Morgan fingerprint density at radius 1 is 1.40 bits per heavy atom. The van der Waals surface area contributed by atoms with Crippen molar-refractivity contribution in [1.29, 1.82) is 0 Å². The Labute approximate surface area is 117 Å². The zero-order valence-electron chi connectivity index (χ0n) is 11.4. The third kappa shape index (κ3) is 2.24. The molecule has 3 aliphatic heterocycles. The van der Waals surface area contributed by atoms with Crippen molar-refractivity contribution in [2.75, 3.05) is 26.2 Å². The molecule has 4 rings (SSSR count). The molecule has 0 radical (unpaired) electrons. The van der Waals surface area contributed by atoms with E-state index in [9.17, 15) is 5.11 Å². The summed E-state index contributed by atoms with van der Waals surface area (Å²) >= 11 is 0. The quantitative estimate of drug-likeness (QED) is 0.789. The van der Waals surface area contributed by atoms with Crippen LogP contribution in [0.3, 0.4) is 0 Å². The number of rotatable bonds is 2. The highest BCUT2D eigenvalue weighted by atomic mass is 16.5. The summed E-state index contributed by atoms with van der Waals surface area (Å²) in [4.78, 5) is 6.92. The van der Waals surface area contributed by atoms with Gasteiger partial charge in [-0.3, -0.25) is 4.90 Å². The molecular weight excluding hydrogens is 260 g/mol. The van der Waals surface area contributed by atoms with Gasteiger partial charge in [-0.15, -0.1) is 0 Å². The second-order valence-corrected chi connectivity index (χ2v) is 5.95. The number of fused-ring (bicyclic) bond motifs is 1. The number of β-amino-alcohol motifs (C(OH)–C–C–N with tert-alkyl or cyclic N) is 1. The zero-order valence-corrected chi connectivity index (χ0v) is 11.4.